The van der Waals surface area contributed by atoms with Crippen molar-refractivity contribution in [3.8, 4) is 0 Å². The number of nitrogens with one attached hydrogen (secondary N) is 1. The van der Waals surface area contributed by atoms with Gasteiger partial charge in [-0.05, 0) is 30.3 Å². The van der Waals surface area contributed by atoms with E-state index in [0.29, 0.717) is 5.82 Å². The maximum absolute atomic E-state index is 5.53. The first-order chi connectivity index (χ1) is 10.3. The molecule has 0 saturated heterocycles. The third-order valence-electron chi connectivity index (χ3n) is 3.01. The van der Waals surface area contributed by atoms with Gasteiger partial charge in [0.25, 0.3) is 0 Å². The molecule has 3 heterocycles. The van der Waals surface area contributed by atoms with Crippen molar-refractivity contribution in [1.82, 2.24) is 24.6 Å². The zero-order chi connectivity index (χ0) is 14.7. The lowest BCUT2D eigenvalue weighted by Crippen LogP contribution is -2.12. The molecule has 3 aromatic rings. The van der Waals surface area contributed by atoms with Gasteiger partial charge in [-0.2, -0.15) is 0 Å². The van der Waals surface area contributed by atoms with Crippen molar-refractivity contribution in [1.29, 1.82) is 0 Å². The molecule has 0 saturated carbocycles. The van der Waals surface area contributed by atoms with Crippen LogP contribution in [0.5, 0.6) is 0 Å². The smallest absolute Gasteiger partial charge is 0.201 e. The summed E-state index contributed by atoms with van der Waals surface area (Å²) in [5.41, 5.74) is 4.44. The molecular weight excluding hydrogens is 286 g/mol. The number of nitrogens with zero attached hydrogens (tertiary/aromatic N) is 5. The second kappa shape index (κ2) is 6.06. The Morgan fingerprint density at radius 1 is 1.29 bits per heavy atom. The van der Waals surface area contributed by atoms with Gasteiger partial charge in [-0.1, -0.05) is 19.4 Å². The summed E-state index contributed by atoms with van der Waals surface area (Å²) in [6, 6.07) is 5.79. The van der Waals surface area contributed by atoms with Crippen LogP contribution in [0.3, 0.4) is 0 Å². The van der Waals surface area contributed by atoms with Crippen LogP contribution in [-0.2, 0) is 6.42 Å². The van der Waals surface area contributed by atoms with Crippen molar-refractivity contribution in [2.24, 2.45) is 5.84 Å². The first-order valence-corrected chi connectivity index (χ1v) is 7.43. The number of anilines is 1. The molecule has 0 atom stereocenters. The Hall–Kier alpha value is -2.19. The number of aromatic nitrogens is 5. The van der Waals surface area contributed by atoms with Crippen LogP contribution in [-0.4, -0.2) is 24.6 Å². The third kappa shape index (κ3) is 2.67. The zero-order valence-corrected chi connectivity index (χ0v) is 12.3. The van der Waals surface area contributed by atoms with E-state index >= 15 is 0 Å². The minimum Gasteiger partial charge on any atom is -0.308 e. The van der Waals surface area contributed by atoms with E-state index in [1.165, 1.54) is 18.1 Å². The largest absolute Gasteiger partial charge is 0.308 e. The average molecular weight is 301 g/mol. The lowest BCUT2D eigenvalue weighted by atomic mass is 10.2. The Morgan fingerprint density at radius 2 is 2.19 bits per heavy atom. The fourth-order valence-electron chi connectivity index (χ4n) is 2.06. The number of fused-ring (bicyclic) bond motifs is 1. The topological polar surface area (TPSA) is 94.0 Å². The number of hydrogen-bond acceptors (Lipinski definition) is 7. The van der Waals surface area contributed by atoms with Crippen molar-refractivity contribution in [3.05, 3.63) is 36.3 Å². The second-order valence-electron chi connectivity index (χ2n) is 4.41. The molecule has 0 spiro atoms. The van der Waals surface area contributed by atoms with Gasteiger partial charge in [0.2, 0.25) is 5.16 Å². The van der Waals surface area contributed by atoms with Crippen LogP contribution in [0.2, 0.25) is 0 Å². The summed E-state index contributed by atoms with van der Waals surface area (Å²) in [6.07, 6.45) is 5.26. The fraction of sp³-hybridized carbons (Fsp3) is 0.231. The predicted molar refractivity (Wildman–Crippen MR) is 80.9 cm³/mol. The number of nitrogen functional groups attached to an aromatic ring is 1. The highest BCUT2D eigenvalue weighted by Gasteiger charge is 2.14. The van der Waals surface area contributed by atoms with E-state index in [0.717, 1.165) is 34.2 Å². The van der Waals surface area contributed by atoms with Crippen LogP contribution >= 0.6 is 11.8 Å². The van der Waals surface area contributed by atoms with E-state index in [4.69, 9.17) is 5.84 Å². The summed E-state index contributed by atoms with van der Waals surface area (Å²) in [5, 5.41) is 9.97. The number of rotatable bonds is 5. The summed E-state index contributed by atoms with van der Waals surface area (Å²) in [4.78, 5) is 8.53. The molecule has 0 radical (unpaired) electrons. The minimum absolute atomic E-state index is 0.656. The van der Waals surface area contributed by atoms with E-state index < -0.39 is 0 Å². The summed E-state index contributed by atoms with van der Waals surface area (Å²) in [6.45, 7) is 2.11. The normalized spacial score (nSPS) is 11.0. The van der Waals surface area contributed by atoms with Crippen molar-refractivity contribution in [3.63, 3.8) is 0 Å². The average Bonchev–Trinajstić information content (AvgIpc) is 2.92. The van der Waals surface area contributed by atoms with Crippen molar-refractivity contribution in [2.75, 3.05) is 5.43 Å². The van der Waals surface area contributed by atoms with Crippen LogP contribution in [0.25, 0.3) is 5.65 Å². The summed E-state index contributed by atoms with van der Waals surface area (Å²) < 4.78 is 1.93. The minimum atomic E-state index is 0.656. The van der Waals surface area contributed by atoms with Gasteiger partial charge in [0.15, 0.2) is 5.65 Å². The van der Waals surface area contributed by atoms with Gasteiger partial charge in [-0.3, -0.25) is 4.40 Å². The predicted octanol–water partition coefficient (Wildman–Crippen LogP) is 1.91. The molecule has 108 valence electrons. The molecule has 0 aliphatic heterocycles. The van der Waals surface area contributed by atoms with E-state index in [9.17, 15) is 0 Å². The lowest BCUT2D eigenvalue weighted by molar-refractivity contribution is 0.849. The van der Waals surface area contributed by atoms with Gasteiger partial charge < -0.3 is 5.43 Å². The van der Waals surface area contributed by atoms with E-state index in [1.807, 2.05) is 28.8 Å². The molecule has 0 aliphatic rings. The molecule has 0 aromatic carbocycles. The summed E-state index contributed by atoms with van der Waals surface area (Å²) >= 11 is 1.46. The van der Waals surface area contributed by atoms with E-state index in [-0.39, 0.29) is 0 Å². The van der Waals surface area contributed by atoms with Crippen molar-refractivity contribution < 1.29 is 0 Å². The highest BCUT2D eigenvalue weighted by atomic mass is 32.2. The molecule has 0 aliphatic carbocycles. The molecule has 8 heteroatoms. The molecule has 0 amide bonds. The van der Waals surface area contributed by atoms with E-state index in [1.54, 1.807) is 0 Å². The first kappa shape index (κ1) is 13.8. The number of hydrogen-bond donors (Lipinski definition) is 2. The quantitative estimate of drug-likeness (QED) is 0.422. The molecule has 7 nitrogen and oxygen atoms in total. The van der Waals surface area contributed by atoms with Gasteiger partial charge in [-0.25, -0.2) is 15.8 Å². The van der Waals surface area contributed by atoms with Crippen LogP contribution in [0, 0.1) is 0 Å². The monoisotopic (exact) mass is 301 g/mol. The Balaban J connectivity index is 2.01. The second-order valence-corrected chi connectivity index (χ2v) is 5.37. The standard InChI is InChI=1S/C13H15N7S/c1-2-5-9-11(17-14)15-8-16-12(9)21-13-19-18-10-6-3-4-7-20(10)13/h3-4,6-8H,2,5,14H2,1H3,(H,15,16,17). The maximum atomic E-state index is 5.53. The number of hydrazine groups is 1. The van der Waals surface area contributed by atoms with Crippen LogP contribution in [0.15, 0.2) is 40.9 Å². The molecular formula is C13H15N7S. The fourth-order valence-corrected chi connectivity index (χ4v) is 2.99. The highest BCUT2D eigenvalue weighted by Crippen LogP contribution is 2.30. The Labute approximate surface area is 126 Å². The van der Waals surface area contributed by atoms with Gasteiger partial charge in [0.1, 0.15) is 17.2 Å². The molecule has 3 aromatic heterocycles. The molecule has 0 unspecified atom stereocenters. The van der Waals surface area contributed by atoms with Gasteiger partial charge >= 0.3 is 0 Å². The molecule has 3 rings (SSSR count). The van der Waals surface area contributed by atoms with E-state index in [2.05, 4.69) is 32.5 Å². The molecule has 21 heavy (non-hydrogen) atoms. The molecule has 0 bridgehead atoms. The zero-order valence-electron chi connectivity index (χ0n) is 11.5. The Kier molecular flexibility index (Phi) is 3.98. The molecule has 0 fully saturated rings. The Bertz CT molecular complexity index is 755. The summed E-state index contributed by atoms with van der Waals surface area (Å²) in [7, 11) is 0. The van der Waals surface area contributed by atoms with Crippen molar-refractivity contribution >= 4 is 23.2 Å². The first-order valence-electron chi connectivity index (χ1n) is 6.61. The lowest BCUT2D eigenvalue weighted by Gasteiger charge is -2.10. The SMILES string of the molecule is CCCc1c(NN)ncnc1Sc1nnc2ccccn12. The summed E-state index contributed by atoms with van der Waals surface area (Å²) in [5.74, 6) is 6.19. The third-order valence-corrected chi connectivity index (χ3v) is 4.02. The van der Waals surface area contributed by atoms with Crippen LogP contribution in [0.1, 0.15) is 18.9 Å². The molecule has 3 N–H and O–H groups in total. The number of pyridine rings is 1. The number of nitrogens with two attached hydrogens (primary N) is 1. The maximum Gasteiger partial charge on any atom is 0.201 e. The highest BCUT2D eigenvalue weighted by molar-refractivity contribution is 7.99. The Morgan fingerprint density at radius 3 is 3.00 bits per heavy atom. The van der Waals surface area contributed by atoms with Crippen LogP contribution < -0.4 is 11.3 Å². The van der Waals surface area contributed by atoms with Crippen LogP contribution in [0.4, 0.5) is 5.82 Å². The van der Waals surface area contributed by atoms with Crippen molar-refractivity contribution in [2.45, 2.75) is 29.9 Å². The van der Waals surface area contributed by atoms with Gasteiger partial charge in [0.05, 0.1) is 0 Å². The van der Waals surface area contributed by atoms with Gasteiger partial charge in [-0.15, -0.1) is 10.2 Å². The van der Waals surface area contributed by atoms with Gasteiger partial charge in [0, 0.05) is 11.8 Å².